The monoisotopic (exact) mass is 372 g/mol. The number of alkyl halides is 1. The fourth-order valence-corrected chi connectivity index (χ4v) is 4.37. The molecule has 0 aliphatic rings. The third-order valence-electron chi connectivity index (χ3n) is 2.99. The van der Waals surface area contributed by atoms with Crippen LogP contribution in [0.2, 0.25) is 0 Å². The van der Waals surface area contributed by atoms with Crippen LogP contribution in [0.15, 0.2) is 27.4 Å². The molecule has 1 heterocycles. The molecule has 0 fully saturated rings. The van der Waals surface area contributed by atoms with Gasteiger partial charge in [0.1, 0.15) is 0 Å². The molecule has 1 aromatic heterocycles. The summed E-state index contributed by atoms with van der Waals surface area (Å²) in [5.41, 5.74) is 6.68. The Morgan fingerprint density at radius 3 is 2.24 bits per heavy atom. The summed E-state index contributed by atoms with van der Waals surface area (Å²) in [4.78, 5) is 0.292. The number of halogens is 2. The first-order valence-corrected chi connectivity index (χ1v) is 8.09. The minimum atomic E-state index is 0.292. The second-order valence-corrected chi connectivity index (χ2v) is 6.84. The first-order valence-electron chi connectivity index (χ1n) is 5.44. The SMILES string of the molecule is Cc1cc(C(Br)c2cscc2C)c(C)cc1Br. The Balaban J connectivity index is 2.48. The van der Waals surface area contributed by atoms with Gasteiger partial charge in [-0.25, -0.2) is 0 Å². The smallest absolute Gasteiger partial charge is 0.0657 e. The van der Waals surface area contributed by atoms with Crippen molar-refractivity contribution in [2.45, 2.75) is 25.6 Å². The molecule has 1 aromatic carbocycles. The molecule has 0 bridgehead atoms. The highest BCUT2D eigenvalue weighted by Crippen LogP contribution is 2.37. The first-order chi connectivity index (χ1) is 8.00. The molecule has 2 rings (SSSR count). The molecular weight excluding hydrogens is 360 g/mol. The van der Waals surface area contributed by atoms with Crippen LogP contribution >= 0.6 is 43.2 Å². The molecule has 1 atom stereocenters. The minimum Gasteiger partial charge on any atom is -0.152 e. The zero-order valence-electron chi connectivity index (χ0n) is 10.1. The van der Waals surface area contributed by atoms with Gasteiger partial charge in [0.05, 0.1) is 4.83 Å². The van der Waals surface area contributed by atoms with Crippen molar-refractivity contribution in [3.8, 4) is 0 Å². The number of thiophene rings is 1. The lowest BCUT2D eigenvalue weighted by molar-refractivity contribution is 1.12. The largest absolute Gasteiger partial charge is 0.152 e. The fourth-order valence-electron chi connectivity index (χ4n) is 1.87. The van der Waals surface area contributed by atoms with Gasteiger partial charge in [-0.2, -0.15) is 11.3 Å². The zero-order chi connectivity index (χ0) is 12.6. The molecule has 2 aromatic rings. The van der Waals surface area contributed by atoms with Gasteiger partial charge in [0, 0.05) is 4.47 Å². The van der Waals surface area contributed by atoms with Gasteiger partial charge in [-0.05, 0) is 65.4 Å². The van der Waals surface area contributed by atoms with Crippen molar-refractivity contribution in [2.75, 3.05) is 0 Å². The van der Waals surface area contributed by atoms with E-state index >= 15 is 0 Å². The maximum absolute atomic E-state index is 3.82. The topological polar surface area (TPSA) is 0 Å². The molecule has 3 heteroatoms. The van der Waals surface area contributed by atoms with Crippen LogP contribution in [-0.4, -0.2) is 0 Å². The highest BCUT2D eigenvalue weighted by atomic mass is 79.9. The van der Waals surface area contributed by atoms with Crippen molar-refractivity contribution < 1.29 is 0 Å². The summed E-state index contributed by atoms with van der Waals surface area (Å²) in [5, 5.41) is 4.43. The summed E-state index contributed by atoms with van der Waals surface area (Å²) < 4.78 is 1.18. The Morgan fingerprint density at radius 1 is 0.941 bits per heavy atom. The second kappa shape index (κ2) is 5.25. The van der Waals surface area contributed by atoms with Gasteiger partial charge in [-0.15, -0.1) is 0 Å². The van der Waals surface area contributed by atoms with Gasteiger partial charge in [-0.1, -0.05) is 37.9 Å². The van der Waals surface area contributed by atoms with Crippen LogP contribution in [0.1, 0.15) is 32.6 Å². The maximum Gasteiger partial charge on any atom is 0.0657 e. The summed E-state index contributed by atoms with van der Waals surface area (Å²) in [6, 6.07) is 4.45. The maximum atomic E-state index is 3.82. The quantitative estimate of drug-likeness (QED) is 0.573. The van der Waals surface area contributed by atoms with Crippen molar-refractivity contribution in [3.05, 3.63) is 55.2 Å². The van der Waals surface area contributed by atoms with E-state index in [9.17, 15) is 0 Å². The van der Waals surface area contributed by atoms with Crippen molar-refractivity contribution in [2.24, 2.45) is 0 Å². The molecule has 0 amide bonds. The molecule has 0 nitrogen and oxygen atoms in total. The molecule has 0 aliphatic heterocycles. The molecule has 90 valence electrons. The highest BCUT2D eigenvalue weighted by molar-refractivity contribution is 9.10. The lowest BCUT2D eigenvalue weighted by Crippen LogP contribution is -1.97. The van der Waals surface area contributed by atoms with E-state index in [-0.39, 0.29) is 0 Å². The molecule has 0 N–H and O–H groups in total. The molecule has 0 aliphatic carbocycles. The molecular formula is C14H14Br2S. The van der Waals surface area contributed by atoms with Gasteiger partial charge in [0.2, 0.25) is 0 Å². The van der Waals surface area contributed by atoms with Gasteiger partial charge in [0.25, 0.3) is 0 Å². The Labute approximate surface area is 123 Å². The lowest BCUT2D eigenvalue weighted by Gasteiger charge is -2.15. The second-order valence-electron chi connectivity index (χ2n) is 4.33. The van der Waals surface area contributed by atoms with Crippen molar-refractivity contribution in [1.82, 2.24) is 0 Å². The summed E-state index contributed by atoms with van der Waals surface area (Å²) in [5.74, 6) is 0. The van der Waals surface area contributed by atoms with E-state index in [1.807, 2.05) is 0 Å². The highest BCUT2D eigenvalue weighted by Gasteiger charge is 2.16. The Morgan fingerprint density at radius 2 is 1.65 bits per heavy atom. The molecule has 0 spiro atoms. The van der Waals surface area contributed by atoms with Crippen molar-refractivity contribution in [3.63, 3.8) is 0 Å². The Bertz CT molecular complexity index is 543. The van der Waals surface area contributed by atoms with E-state index in [1.165, 1.54) is 32.3 Å². The first kappa shape index (κ1) is 13.3. The van der Waals surface area contributed by atoms with Crippen LogP contribution in [0, 0.1) is 20.8 Å². The average Bonchev–Trinajstić information content (AvgIpc) is 2.69. The van der Waals surface area contributed by atoms with Gasteiger partial charge in [0.15, 0.2) is 0 Å². The van der Waals surface area contributed by atoms with Crippen LogP contribution < -0.4 is 0 Å². The number of hydrogen-bond donors (Lipinski definition) is 0. The molecule has 0 radical (unpaired) electrons. The predicted octanol–water partition coefficient (Wildman–Crippen LogP) is 5.92. The average molecular weight is 374 g/mol. The summed E-state index contributed by atoms with van der Waals surface area (Å²) >= 11 is 9.17. The molecule has 1 unspecified atom stereocenters. The van der Waals surface area contributed by atoms with E-state index in [0.717, 1.165) is 0 Å². The van der Waals surface area contributed by atoms with Crippen LogP contribution in [0.5, 0.6) is 0 Å². The van der Waals surface area contributed by atoms with Gasteiger partial charge < -0.3 is 0 Å². The number of hydrogen-bond acceptors (Lipinski definition) is 1. The molecule has 17 heavy (non-hydrogen) atoms. The number of benzene rings is 1. The van der Waals surface area contributed by atoms with E-state index < -0.39 is 0 Å². The fraction of sp³-hybridized carbons (Fsp3) is 0.286. The zero-order valence-corrected chi connectivity index (χ0v) is 14.0. The number of rotatable bonds is 2. The van der Waals surface area contributed by atoms with E-state index in [4.69, 9.17) is 0 Å². The van der Waals surface area contributed by atoms with Crippen molar-refractivity contribution >= 4 is 43.2 Å². The van der Waals surface area contributed by atoms with Crippen LogP contribution in [0.3, 0.4) is 0 Å². The summed E-state index contributed by atoms with van der Waals surface area (Å²) in [7, 11) is 0. The summed E-state index contributed by atoms with van der Waals surface area (Å²) in [6.45, 7) is 6.46. The van der Waals surface area contributed by atoms with E-state index in [1.54, 1.807) is 11.3 Å². The predicted molar refractivity (Wildman–Crippen MR) is 83.4 cm³/mol. The van der Waals surface area contributed by atoms with Crippen molar-refractivity contribution in [1.29, 1.82) is 0 Å². The normalized spacial score (nSPS) is 12.8. The van der Waals surface area contributed by atoms with Crippen LogP contribution in [-0.2, 0) is 0 Å². The Hall–Kier alpha value is -0.120. The van der Waals surface area contributed by atoms with E-state index in [2.05, 4.69) is 75.5 Å². The third kappa shape index (κ3) is 2.67. The number of aryl methyl sites for hydroxylation is 3. The van der Waals surface area contributed by atoms with Gasteiger partial charge >= 0.3 is 0 Å². The Kier molecular flexibility index (Phi) is 4.11. The van der Waals surface area contributed by atoms with Gasteiger partial charge in [-0.3, -0.25) is 0 Å². The third-order valence-corrected chi connectivity index (χ3v) is 5.71. The molecule has 0 saturated carbocycles. The lowest BCUT2D eigenvalue weighted by atomic mass is 9.98. The minimum absolute atomic E-state index is 0.292. The standard InChI is InChI=1S/C14H14Br2S/c1-8-5-13(15)9(2)4-11(8)14(16)12-7-17-6-10(12)3/h4-7,14H,1-3H3. The van der Waals surface area contributed by atoms with Crippen LogP contribution in [0.4, 0.5) is 0 Å². The van der Waals surface area contributed by atoms with E-state index in [0.29, 0.717) is 4.83 Å². The summed E-state index contributed by atoms with van der Waals surface area (Å²) in [6.07, 6.45) is 0. The molecule has 0 saturated heterocycles. The van der Waals surface area contributed by atoms with Crippen LogP contribution in [0.25, 0.3) is 0 Å².